The normalized spacial score (nSPS) is 14.0. The highest BCUT2D eigenvalue weighted by Gasteiger charge is 2.37. The predicted molar refractivity (Wildman–Crippen MR) is 112 cm³/mol. The summed E-state index contributed by atoms with van der Waals surface area (Å²) in [6.07, 6.45) is 1.63. The van der Waals surface area contributed by atoms with E-state index in [1.165, 1.54) is 0 Å². The number of aromatic nitrogens is 4. The molecule has 1 amide bonds. The number of benzene rings is 2. The highest BCUT2D eigenvalue weighted by molar-refractivity contribution is 6.30. The Balaban J connectivity index is 1.28. The average Bonchev–Trinajstić information content (AvgIpc) is 3.35. The van der Waals surface area contributed by atoms with Crippen molar-refractivity contribution in [2.24, 2.45) is 0 Å². The molecule has 2 aromatic carbocycles. The van der Waals surface area contributed by atoms with Crippen molar-refractivity contribution in [2.75, 3.05) is 13.1 Å². The number of carbonyl (C=O) groups excluding carboxylic acids is 1. The van der Waals surface area contributed by atoms with Crippen LogP contribution in [0, 0.1) is 6.92 Å². The minimum Gasteiger partial charge on any atom is -0.339 e. The minimum absolute atomic E-state index is 0.0267. The maximum atomic E-state index is 12.9. The largest absolute Gasteiger partial charge is 0.339 e. The van der Waals surface area contributed by atoms with Gasteiger partial charge in [0.2, 0.25) is 11.7 Å². The fraction of sp³-hybridized carbons (Fsp3) is 0.182. The number of hydrogen-bond donors (Lipinski definition) is 0. The van der Waals surface area contributed by atoms with Gasteiger partial charge in [-0.15, -0.1) is 0 Å². The van der Waals surface area contributed by atoms with Gasteiger partial charge in [-0.2, -0.15) is 10.1 Å². The first-order chi connectivity index (χ1) is 14.6. The van der Waals surface area contributed by atoms with Gasteiger partial charge < -0.3 is 9.42 Å². The monoisotopic (exact) mass is 419 g/mol. The van der Waals surface area contributed by atoms with E-state index < -0.39 is 0 Å². The van der Waals surface area contributed by atoms with E-state index in [1.807, 2.05) is 49.4 Å². The van der Waals surface area contributed by atoms with Gasteiger partial charge in [0.1, 0.15) is 0 Å². The van der Waals surface area contributed by atoms with Crippen LogP contribution in [-0.4, -0.2) is 43.8 Å². The van der Waals surface area contributed by atoms with E-state index in [2.05, 4.69) is 15.2 Å². The van der Waals surface area contributed by atoms with Gasteiger partial charge in [0.25, 0.3) is 5.91 Å². The van der Waals surface area contributed by atoms with Crippen LogP contribution in [0.2, 0.25) is 5.02 Å². The first kappa shape index (κ1) is 18.6. The van der Waals surface area contributed by atoms with E-state index in [-0.39, 0.29) is 11.8 Å². The molecule has 0 N–H and O–H groups in total. The molecule has 1 aliphatic heterocycles. The lowest BCUT2D eigenvalue weighted by atomic mass is 9.99. The van der Waals surface area contributed by atoms with Crippen LogP contribution in [0.15, 0.2) is 65.3 Å². The Kier molecular flexibility index (Phi) is 4.59. The number of para-hydroxylation sites is 1. The van der Waals surface area contributed by atoms with E-state index in [0.717, 1.165) is 16.9 Å². The number of amides is 1. The van der Waals surface area contributed by atoms with Crippen LogP contribution in [0.1, 0.15) is 27.9 Å². The van der Waals surface area contributed by atoms with Gasteiger partial charge in [-0.1, -0.05) is 47.1 Å². The maximum absolute atomic E-state index is 12.9. The molecule has 4 aromatic rings. The lowest BCUT2D eigenvalue weighted by molar-refractivity contribution is 0.0568. The second-order valence-corrected chi connectivity index (χ2v) is 7.70. The summed E-state index contributed by atoms with van der Waals surface area (Å²) >= 11 is 6.03. The Morgan fingerprint density at radius 2 is 1.93 bits per heavy atom. The Morgan fingerprint density at radius 3 is 2.70 bits per heavy atom. The Morgan fingerprint density at radius 1 is 1.13 bits per heavy atom. The molecule has 0 saturated carbocycles. The summed E-state index contributed by atoms with van der Waals surface area (Å²) in [4.78, 5) is 19.2. The third kappa shape index (κ3) is 3.27. The molecule has 8 heteroatoms. The molecule has 2 aromatic heterocycles. The van der Waals surface area contributed by atoms with E-state index in [0.29, 0.717) is 35.4 Å². The molecule has 0 aliphatic carbocycles. The van der Waals surface area contributed by atoms with Gasteiger partial charge in [-0.3, -0.25) is 4.79 Å². The minimum atomic E-state index is -0.0412. The third-order valence-corrected chi connectivity index (χ3v) is 5.52. The number of likely N-dealkylation sites (tertiary alicyclic amines) is 1. The summed E-state index contributed by atoms with van der Waals surface area (Å²) in [6, 6.07) is 17.1. The first-order valence-corrected chi connectivity index (χ1v) is 9.97. The molecule has 0 bridgehead atoms. The molecular formula is C22H18ClN5O2. The Labute approximate surface area is 177 Å². The van der Waals surface area contributed by atoms with Crippen LogP contribution < -0.4 is 0 Å². The summed E-state index contributed by atoms with van der Waals surface area (Å²) in [6.45, 7) is 2.97. The van der Waals surface area contributed by atoms with Crippen molar-refractivity contribution in [1.29, 1.82) is 0 Å². The number of carbonyl (C=O) groups is 1. The van der Waals surface area contributed by atoms with Crippen molar-refractivity contribution in [3.63, 3.8) is 0 Å². The average molecular weight is 420 g/mol. The number of nitrogens with zero attached hydrogens (tertiary/aromatic N) is 5. The molecule has 1 saturated heterocycles. The summed E-state index contributed by atoms with van der Waals surface area (Å²) in [7, 11) is 0. The maximum Gasteiger partial charge on any atom is 0.257 e. The summed E-state index contributed by atoms with van der Waals surface area (Å²) < 4.78 is 7.20. The summed E-state index contributed by atoms with van der Waals surface area (Å²) in [5.41, 5.74) is 3.14. The molecule has 1 aliphatic rings. The highest BCUT2D eigenvalue weighted by atomic mass is 35.5. The van der Waals surface area contributed by atoms with Gasteiger partial charge in [-0.05, 0) is 31.2 Å². The molecule has 150 valence electrons. The predicted octanol–water partition coefficient (Wildman–Crippen LogP) is 4.12. The van der Waals surface area contributed by atoms with Crippen molar-refractivity contribution in [3.8, 4) is 17.1 Å². The molecule has 3 heterocycles. The van der Waals surface area contributed by atoms with Crippen molar-refractivity contribution < 1.29 is 9.32 Å². The van der Waals surface area contributed by atoms with E-state index >= 15 is 0 Å². The standard InChI is InChI=1S/C22H18ClN5O2/c1-14-19(11-24-28(14)18-8-3-2-4-9-18)22(29)27-12-16(13-27)21-25-20(26-30-21)15-6-5-7-17(23)10-15/h2-11,16H,12-13H2,1H3. The Hall–Kier alpha value is -3.45. The lowest BCUT2D eigenvalue weighted by Gasteiger charge is -2.36. The zero-order chi connectivity index (χ0) is 20.7. The summed E-state index contributed by atoms with van der Waals surface area (Å²) in [5, 5.41) is 9.05. The number of hydrogen-bond acceptors (Lipinski definition) is 5. The molecule has 0 radical (unpaired) electrons. The second kappa shape index (κ2) is 7.42. The van der Waals surface area contributed by atoms with Gasteiger partial charge in [0, 0.05) is 23.7 Å². The summed E-state index contributed by atoms with van der Waals surface area (Å²) in [5.74, 6) is 1.02. The van der Waals surface area contributed by atoms with Crippen molar-refractivity contribution in [1.82, 2.24) is 24.8 Å². The van der Waals surface area contributed by atoms with E-state index in [9.17, 15) is 4.79 Å². The molecular weight excluding hydrogens is 402 g/mol. The van der Waals surface area contributed by atoms with Gasteiger partial charge in [0.15, 0.2) is 0 Å². The molecule has 5 rings (SSSR count). The van der Waals surface area contributed by atoms with Crippen molar-refractivity contribution in [2.45, 2.75) is 12.8 Å². The van der Waals surface area contributed by atoms with Crippen LogP contribution in [-0.2, 0) is 0 Å². The topological polar surface area (TPSA) is 77.1 Å². The number of rotatable bonds is 4. The smallest absolute Gasteiger partial charge is 0.257 e. The van der Waals surface area contributed by atoms with Crippen LogP contribution in [0.25, 0.3) is 17.1 Å². The van der Waals surface area contributed by atoms with Crippen LogP contribution in [0.3, 0.4) is 0 Å². The molecule has 0 atom stereocenters. The molecule has 0 spiro atoms. The van der Waals surface area contributed by atoms with E-state index in [1.54, 1.807) is 27.9 Å². The molecule has 1 fully saturated rings. The zero-order valence-corrected chi connectivity index (χ0v) is 17.0. The van der Waals surface area contributed by atoms with Crippen molar-refractivity contribution in [3.05, 3.63) is 83.0 Å². The third-order valence-electron chi connectivity index (χ3n) is 5.28. The second-order valence-electron chi connectivity index (χ2n) is 7.26. The van der Waals surface area contributed by atoms with Crippen LogP contribution in [0.4, 0.5) is 0 Å². The quantitative estimate of drug-likeness (QED) is 0.497. The van der Waals surface area contributed by atoms with Crippen LogP contribution >= 0.6 is 11.6 Å². The zero-order valence-electron chi connectivity index (χ0n) is 16.2. The van der Waals surface area contributed by atoms with Crippen molar-refractivity contribution >= 4 is 17.5 Å². The molecule has 7 nitrogen and oxygen atoms in total. The molecule has 0 unspecified atom stereocenters. The lowest BCUT2D eigenvalue weighted by Crippen LogP contribution is -2.48. The van der Waals surface area contributed by atoms with E-state index in [4.69, 9.17) is 16.1 Å². The van der Waals surface area contributed by atoms with Crippen LogP contribution in [0.5, 0.6) is 0 Å². The number of halogens is 1. The van der Waals surface area contributed by atoms with Gasteiger partial charge in [0.05, 0.1) is 29.1 Å². The Bertz CT molecular complexity index is 1210. The van der Waals surface area contributed by atoms with Gasteiger partial charge >= 0.3 is 0 Å². The first-order valence-electron chi connectivity index (χ1n) is 9.59. The molecule has 30 heavy (non-hydrogen) atoms. The highest BCUT2D eigenvalue weighted by Crippen LogP contribution is 2.30. The fourth-order valence-corrected chi connectivity index (χ4v) is 3.76. The van der Waals surface area contributed by atoms with Gasteiger partial charge in [-0.25, -0.2) is 4.68 Å². The SMILES string of the molecule is Cc1c(C(=O)N2CC(c3nc(-c4cccc(Cl)c4)no3)C2)cnn1-c1ccccc1. The fourth-order valence-electron chi connectivity index (χ4n) is 3.57.